The van der Waals surface area contributed by atoms with Gasteiger partial charge in [0.25, 0.3) is 10.0 Å². The van der Waals surface area contributed by atoms with Crippen molar-refractivity contribution in [2.24, 2.45) is 11.8 Å². The van der Waals surface area contributed by atoms with Crippen molar-refractivity contribution in [1.82, 2.24) is 15.4 Å². The smallest absolute Gasteiger partial charge is 0.264 e. The lowest BCUT2D eigenvalue weighted by Gasteiger charge is -2.34. The third kappa shape index (κ3) is 6.16. The van der Waals surface area contributed by atoms with E-state index < -0.39 is 16.1 Å². The van der Waals surface area contributed by atoms with Crippen molar-refractivity contribution in [3.8, 4) is 11.1 Å². The topological polar surface area (TPSA) is 122 Å². The SMILES string of the molecule is CCC(C)C(C(=O)NC)N(Cc1ccc(-c2ccccc2S(=O)(=O)Nc2onc(C)c2C)cc1)C(=O)C1CC1. The number of carbonyl (C=O) groups excluding carboxylic acids is 2. The number of amides is 2. The van der Waals surface area contributed by atoms with Crippen LogP contribution in [0.4, 0.5) is 5.88 Å². The Hall–Kier alpha value is -3.66. The number of anilines is 1. The van der Waals surface area contributed by atoms with E-state index in [1.165, 1.54) is 0 Å². The van der Waals surface area contributed by atoms with E-state index in [2.05, 4.69) is 15.2 Å². The highest BCUT2D eigenvalue weighted by Crippen LogP contribution is 2.34. The van der Waals surface area contributed by atoms with E-state index in [4.69, 9.17) is 4.52 Å². The molecule has 9 nitrogen and oxygen atoms in total. The molecule has 2 unspecified atom stereocenters. The van der Waals surface area contributed by atoms with E-state index in [1.54, 1.807) is 50.1 Å². The molecule has 1 aliphatic rings. The Morgan fingerprint density at radius 2 is 1.77 bits per heavy atom. The lowest BCUT2D eigenvalue weighted by atomic mass is 9.95. The molecule has 39 heavy (non-hydrogen) atoms. The number of aryl methyl sites for hydroxylation is 1. The summed E-state index contributed by atoms with van der Waals surface area (Å²) in [7, 11) is -2.37. The van der Waals surface area contributed by atoms with Gasteiger partial charge >= 0.3 is 0 Å². The van der Waals surface area contributed by atoms with Crippen LogP contribution in [0.1, 0.15) is 49.9 Å². The molecule has 2 atom stereocenters. The van der Waals surface area contributed by atoms with Gasteiger partial charge < -0.3 is 14.7 Å². The predicted molar refractivity (Wildman–Crippen MR) is 149 cm³/mol. The molecule has 2 amide bonds. The van der Waals surface area contributed by atoms with Gasteiger partial charge in [-0.3, -0.25) is 9.59 Å². The molecule has 2 aromatic carbocycles. The summed E-state index contributed by atoms with van der Waals surface area (Å²) >= 11 is 0. The molecule has 0 aliphatic heterocycles. The summed E-state index contributed by atoms with van der Waals surface area (Å²) in [6.07, 6.45) is 2.46. The molecule has 1 heterocycles. The zero-order valence-electron chi connectivity index (χ0n) is 23.0. The Kier molecular flexibility index (Phi) is 8.44. The number of nitrogens with one attached hydrogen (secondary N) is 2. The molecule has 2 N–H and O–H groups in total. The molecule has 0 spiro atoms. The number of hydrogen-bond donors (Lipinski definition) is 2. The van der Waals surface area contributed by atoms with Crippen LogP contribution in [0.3, 0.4) is 0 Å². The van der Waals surface area contributed by atoms with Gasteiger partial charge in [0.05, 0.1) is 10.6 Å². The maximum atomic E-state index is 13.3. The van der Waals surface area contributed by atoms with Crippen LogP contribution in [-0.2, 0) is 26.2 Å². The summed E-state index contributed by atoms with van der Waals surface area (Å²) in [6, 6.07) is 13.6. The number of benzene rings is 2. The molecule has 0 bridgehead atoms. The first-order valence-corrected chi connectivity index (χ1v) is 14.7. The van der Waals surface area contributed by atoms with Gasteiger partial charge in [0.1, 0.15) is 6.04 Å². The van der Waals surface area contributed by atoms with Crippen LogP contribution in [0.2, 0.25) is 0 Å². The second-order valence-corrected chi connectivity index (χ2v) is 11.9. The van der Waals surface area contributed by atoms with E-state index in [9.17, 15) is 18.0 Å². The Balaban J connectivity index is 1.62. The molecular weight excluding hydrogens is 516 g/mol. The van der Waals surface area contributed by atoms with Crippen LogP contribution in [0, 0.1) is 25.7 Å². The Morgan fingerprint density at radius 1 is 1.10 bits per heavy atom. The summed E-state index contributed by atoms with van der Waals surface area (Å²) in [6.45, 7) is 7.78. The van der Waals surface area contributed by atoms with Crippen molar-refractivity contribution < 1.29 is 22.5 Å². The predicted octanol–water partition coefficient (Wildman–Crippen LogP) is 4.66. The second-order valence-electron chi connectivity index (χ2n) is 10.2. The summed E-state index contributed by atoms with van der Waals surface area (Å²) < 4.78 is 34.3. The third-order valence-corrected chi connectivity index (χ3v) is 8.81. The quantitative estimate of drug-likeness (QED) is 0.357. The highest BCUT2D eigenvalue weighted by molar-refractivity contribution is 7.92. The lowest BCUT2D eigenvalue weighted by Crippen LogP contribution is -2.52. The van der Waals surface area contributed by atoms with Crippen molar-refractivity contribution in [2.75, 3.05) is 11.8 Å². The number of rotatable bonds is 11. The van der Waals surface area contributed by atoms with E-state index in [1.807, 2.05) is 38.1 Å². The molecule has 1 aliphatic carbocycles. The van der Waals surface area contributed by atoms with Crippen LogP contribution in [0.25, 0.3) is 11.1 Å². The monoisotopic (exact) mass is 552 g/mol. The molecule has 0 radical (unpaired) electrons. The second kappa shape index (κ2) is 11.6. The van der Waals surface area contributed by atoms with Gasteiger partial charge in [-0.2, -0.15) is 0 Å². The summed E-state index contributed by atoms with van der Waals surface area (Å²) in [5, 5.41) is 6.55. The maximum absolute atomic E-state index is 13.3. The Labute approximate surface area is 230 Å². The van der Waals surface area contributed by atoms with Crippen LogP contribution in [0.5, 0.6) is 0 Å². The first kappa shape index (κ1) is 28.4. The van der Waals surface area contributed by atoms with Crippen LogP contribution in [0.15, 0.2) is 57.9 Å². The van der Waals surface area contributed by atoms with Crippen molar-refractivity contribution in [2.45, 2.75) is 64.4 Å². The van der Waals surface area contributed by atoms with Crippen molar-refractivity contribution in [3.63, 3.8) is 0 Å². The van der Waals surface area contributed by atoms with Gasteiger partial charge in [-0.05, 0) is 49.8 Å². The zero-order chi connectivity index (χ0) is 28.3. The molecule has 1 fully saturated rings. The standard InChI is InChI=1S/C29H36N4O5S/c1-6-18(2)26(27(34)30-5)33(29(35)23-15-16-23)17-21-11-13-22(14-12-21)24-9-7-8-10-25(24)39(36,37)32-28-19(3)20(4)31-38-28/h7-14,18,23,26,32H,6,15-17H2,1-5H3,(H,30,34). The normalized spacial score (nSPS) is 14.9. The highest BCUT2D eigenvalue weighted by atomic mass is 32.2. The molecule has 1 saturated carbocycles. The minimum absolute atomic E-state index is 0.00621. The molecule has 3 aromatic rings. The average Bonchev–Trinajstić information content (AvgIpc) is 3.75. The van der Waals surface area contributed by atoms with Gasteiger partial charge in [-0.15, -0.1) is 0 Å². The minimum Gasteiger partial charge on any atom is -0.357 e. The van der Waals surface area contributed by atoms with Crippen LogP contribution in [-0.4, -0.2) is 43.4 Å². The van der Waals surface area contributed by atoms with E-state index in [0.717, 1.165) is 24.8 Å². The van der Waals surface area contributed by atoms with Crippen LogP contribution < -0.4 is 10.0 Å². The van der Waals surface area contributed by atoms with Gasteiger partial charge in [0.15, 0.2) is 0 Å². The highest BCUT2D eigenvalue weighted by Gasteiger charge is 2.40. The summed E-state index contributed by atoms with van der Waals surface area (Å²) in [5.74, 6) is -0.104. The summed E-state index contributed by atoms with van der Waals surface area (Å²) in [5.41, 5.74) is 3.32. The number of aromatic nitrogens is 1. The third-order valence-electron chi connectivity index (χ3n) is 7.42. The molecule has 10 heteroatoms. The first-order valence-electron chi connectivity index (χ1n) is 13.2. The van der Waals surface area contributed by atoms with E-state index in [0.29, 0.717) is 28.9 Å². The Morgan fingerprint density at radius 3 is 2.33 bits per heavy atom. The zero-order valence-corrected chi connectivity index (χ0v) is 23.8. The fourth-order valence-electron chi connectivity index (χ4n) is 4.57. The number of carbonyl (C=O) groups is 2. The molecule has 1 aromatic heterocycles. The van der Waals surface area contributed by atoms with E-state index in [-0.39, 0.29) is 34.4 Å². The number of nitrogens with zero attached hydrogens (tertiary/aromatic N) is 2. The van der Waals surface area contributed by atoms with Crippen molar-refractivity contribution in [1.29, 1.82) is 0 Å². The fourth-order valence-corrected chi connectivity index (χ4v) is 5.85. The fraction of sp³-hybridized carbons (Fsp3) is 0.414. The lowest BCUT2D eigenvalue weighted by molar-refractivity contribution is -0.144. The number of hydrogen-bond acceptors (Lipinski definition) is 6. The van der Waals surface area contributed by atoms with Gasteiger partial charge in [-0.25, -0.2) is 13.1 Å². The minimum atomic E-state index is -3.96. The number of sulfonamides is 1. The Bertz CT molecular complexity index is 1440. The van der Waals surface area contributed by atoms with Gasteiger partial charge in [-0.1, -0.05) is 67.9 Å². The summed E-state index contributed by atoms with van der Waals surface area (Å²) in [4.78, 5) is 27.9. The van der Waals surface area contributed by atoms with Crippen molar-refractivity contribution in [3.05, 3.63) is 65.4 Å². The van der Waals surface area contributed by atoms with E-state index >= 15 is 0 Å². The first-order chi connectivity index (χ1) is 18.6. The number of likely N-dealkylation sites (N-methyl/N-ethyl adjacent to an activating group) is 1. The molecule has 0 saturated heterocycles. The van der Waals surface area contributed by atoms with Crippen LogP contribution >= 0.6 is 0 Å². The molecular formula is C29H36N4O5S. The largest absolute Gasteiger partial charge is 0.357 e. The van der Waals surface area contributed by atoms with Gasteiger partial charge in [0.2, 0.25) is 17.7 Å². The van der Waals surface area contributed by atoms with Crippen molar-refractivity contribution >= 4 is 27.7 Å². The molecule has 208 valence electrons. The van der Waals surface area contributed by atoms with Gasteiger partial charge in [0, 0.05) is 30.6 Å². The maximum Gasteiger partial charge on any atom is 0.264 e. The average molecular weight is 553 g/mol. The molecule has 4 rings (SSSR count).